The molecule has 0 bridgehead atoms. The zero-order chi connectivity index (χ0) is 7.68. The maximum Gasteiger partial charge on any atom is 0.0246 e. The third-order valence-electron chi connectivity index (χ3n) is 3.14. The van der Waals surface area contributed by atoms with Crippen molar-refractivity contribution in [2.24, 2.45) is 0 Å². The van der Waals surface area contributed by atoms with E-state index in [1.54, 1.807) is 0 Å². The van der Waals surface area contributed by atoms with Crippen molar-refractivity contribution < 1.29 is 0 Å². The largest absolute Gasteiger partial charge is 0.312 e. The molecule has 0 amide bonds. The normalized spacial score (nSPS) is 40.1. The lowest BCUT2D eigenvalue weighted by Crippen LogP contribution is -2.41. The van der Waals surface area contributed by atoms with Crippen molar-refractivity contribution in [3.8, 4) is 0 Å². The number of likely N-dealkylation sites (N-methyl/N-ethyl adjacent to an activating group) is 1. The second-order valence-corrected chi connectivity index (χ2v) is 3.89. The van der Waals surface area contributed by atoms with Crippen molar-refractivity contribution in [3.63, 3.8) is 0 Å². The molecule has 0 aliphatic carbocycles. The summed E-state index contributed by atoms with van der Waals surface area (Å²) < 4.78 is 0. The lowest BCUT2D eigenvalue weighted by Gasteiger charge is -2.25. The minimum Gasteiger partial charge on any atom is -0.312 e. The van der Waals surface area contributed by atoms with E-state index in [1.807, 2.05) is 0 Å². The van der Waals surface area contributed by atoms with Crippen LogP contribution in [0.1, 0.15) is 25.7 Å². The topological polar surface area (TPSA) is 15.3 Å². The Kier molecular flexibility index (Phi) is 2.14. The first-order chi connectivity index (χ1) is 5.38. The van der Waals surface area contributed by atoms with Crippen LogP contribution in [0.2, 0.25) is 0 Å². The second kappa shape index (κ2) is 3.11. The van der Waals surface area contributed by atoms with Gasteiger partial charge in [-0.05, 0) is 45.8 Å². The van der Waals surface area contributed by atoms with E-state index >= 15 is 0 Å². The summed E-state index contributed by atoms with van der Waals surface area (Å²) in [6.07, 6.45) is 5.59. The van der Waals surface area contributed by atoms with E-state index in [4.69, 9.17) is 0 Å². The van der Waals surface area contributed by atoms with Crippen LogP contribution in [-0.2, 0) is 0 Å². The van der Waals surface area contributed by atoms with Crippen LogP contribution in [0.15, 0.2) is 0 Å². The van der Waals surface area contributed by atoms with Crippen LogP contribution in [0.25, 0.3) is 0 Å². The third-order valence-corrected chi connectivity index (χ3v) is 3.14. The molecule has 2 heteroatoms. The van der Waals surface area contributed by atoms with E-state index in [1.165, 1.54) is 38.8 Å². The van der Waals surface area contributed by atoms with Gasteiger partial charge in [0.25, 0.3) is 0 Å². The van der Waals surface area contributed by atoms with E-state index in [-0.39, 0.29) is 0 Å². The Bertz CT molecular complexity index is 130. The monoisotopic (exact) mass is 154 g/mol. The summed E-state index contributed by atoms with van der Waals surface area (Å²) >= 11 is 0. The molecule has 64 valence electrons. The van der Waals surface area contributed by atoms with Crippen LogP contribution < -0.4 is 5.32 Å². The molecule has 0 saturated carbocycles. The van der Waals surface area contributed by atoms with Gasteiger partial charge in [0.15, 0.2) is 0 Å². The first-order valence-corrected chi connectivity index (χ1v) is 4.81. The fraction of sp³-hybridized carbons (Fsp3) is 1.00. The predicted molar refractivity (Wildman–Crippen MR) is 46.7 cm³/mol. The van der Waals surface area contributed by atoms with Gasteiger partial charge in [-0.2, -0.15) is 0 Å². The highest BCUT2D eigenvalue weighted by Gasteiger charge is 2.30. The summed E-state index contributed by atoms with van der Waals surface area (Å²) in [7, 11) is 2.26. The smallest absolute Gasteiger partial charge is 0.0246 e. The lowest BCUT2D eigenvalue weighted by molar-refractivity contribution is 0.258. The van der Waals surface area contributed by atoms with Crippen molar-refractivity contribution in [1.29, 1.82) is 0 Å². The summed E-state index contributed by atoms with van der Waals surface area (Å²) in [5.41, 5.74) is 0. The van der Waals surface area contributed by atoms with E-state index in [0.717, 1.165) is 12.1 Å². The van der Waals surface area contributed by atoms with Crippen LogP contribution in [0.3, 0.4) is 0 Å². The van der Waals surface area contributed by atoms with Crippen molar-refractivity contribution in [3.05, 3.63) is 0 Å². The van der Waals surface area contributed by atoms with Crippen molar-refractivity contribution in [2.45, 2.75) is 37.8 Å². The van der Waals surface area contributed by atoms with Gasteiger partial charge < -0.3 is 10.2 Å². The predicted octanol–water partition coefficient (Wildman–Crippen LogP) is 0.833. The van der Waals surface area contributed by atoms with E-state index in [9.17, 15) is 0 Å². The average Bonchev–Trinajstić information content (AvgIpc) is 2.55. The minimum absolute atomic E-state index is 0.808. The summed E-state index contributed by atoms with van der Waals surface area (Å²) in [6.45, 7) is 2.55. The maximum absolute atomic E-state index is 3.59. The van der Waals surface area contributed by atoms with Gasteiger partial charge in [0.1, 0.15) is 0 Å². The zero-order valence-electron chi connectivity index (χ0n) is 7.34. The first kappa shape index (κ1) is 7.56. The average molecular weight is 154 g/mol. The molecule has 2 aliphatic heterocycles. The number of rotatable bonds is 1. The highest BCUT2D eigenvalue weighted by atomic mass is 15.2. The molecule has 2 heterocycles. The van der Waals surface area contributed by atoms with Gasteiger partial charge >= 0.3 is 0 Å². The molecule has 0 aromatic heterocycles. The quantitative estimate of drug-likeness (QED) is 0.602. The Balaban J connectivity index is 1.92. The molecular weight excluding hydrogens is 136 g/mol. The number of nitrogens with one attached hydrogen (secondary N) is 1. The van der Waals surface area contributed by atoms with E-state index < -0.39 is 0 Å². The molecule has 2 nitrogen and oxygen atoms in total. The highest BCUT2D eigenvalue weighted by Crippen LogP contribution is 2.22. The Morgan fingerprint density at radius 3 is 2.73 bits per heavy atom. The fourth-order valence-corrected chi connectivity index (χ4v) is 2.48. The first-order valence-electron chi connectivity index (χ1n) is 4.81. The molecule has 0 unspecified atom stereocenters. The van der Waals surface area contributed by atoms with Crippen LogP contribution in [-0.4, -0.2) is 37.1 Å². The van der Waals surface area contributed by atoms with Gasteiger partial charge in [0.2, 0.25) is 0 Å². The summed E-state index contributed by atoms with van der Waals surface area (Å²) in [5, 5.41) is 3.59. The summed E-state index contributed by atoms with van der Waals surface area (Å²) in [6, 6.07) is 1.65. The molecule has 2 aliphatic rings. The van der Waals surface area contributed by atoms with Crippen molar-refractivity contribution in [2.75, 3.05) is 20.1 Å². The summed E-state index contributed by atoms with van der Waals surface area (Å²) in [5.74, 6) is 0. The van der Waals surface area contributed by atoms with E-state index in [0.29, 0.717) is 0 Å². The third kappa shape index (κ3) is 1.42. The van der Waals surface area contributed by atoms with Gasteiger partial charge in [-0.25, -0.2) is 0 Å². The zero-order valence-corrected chi connectivity index (χ0v) is 7.34. The number of hydrogen-bond acceptors (Lipinski definition) is 2. The Hall–Kier alpha value is -0.0800. The van der Waals surface area contributed by atoms with Gasteiger partial charge in [-0.3, -0.25) is 0 Å². The van der Waals surface area contributed by atoms with Gasteiger partial charge in [0.05, 0.1) is 0 Å². The SMILES string of the molecule is CN1CCC[C@H]1[C@@H]1CCCN1. The fourth-order valence-electron chi connectivity index (χ4n) is 2.48. The molecule has 1 N–H and O–H groups in total. The molecule has 0 aromatic rings. The molecular formula is C9H18N2. The molecule has 0 aromatic carbocycles. The van der Waals surface area contributed by atoms with Gasteiger partial charge in [-0.15, -0.1) is 0 Å². The Morgan fingerprint density at radius 1 is 1.27 bits per heavy atom. The Morgan fingerprint density at radius 2 is 2.18 bits per heavy atom. The molecule has 2 fully saturated rings. The standard InChI is InChI=1S/C9H18N2/c1-11-7-3-5-9(11)8-4-2-6-10-8/h8-10H,2-7H2,1H3/t8-,9-/m0/s1. The maximum atomic E-state index is 3.59. The van der Waals surface area contributed by atoms with Crippen LogP contribution in [0.4, 0.5) is 0 Å². The molecule has 0 spiro atoms. The summed E-state index contributed by atoms with van der Waals surface area (Å²) in [4.78, 5) is 2.52. The molecule has 2 saturated heterocycles. The number of nitrogens with zero attached hydrogens (tertiary/aromatic N) is 1. The number of likely N-dealkylation sites (tertiary alicyclic amines) is 1. The van der Waals surface area contributed by atoms with E-state index in [2.05, 4.69) is 17.3 Å². The van der Waals surface area contributed by atoms with Crippen LogP contribution >= 0.6 is 0 Å². The molecule has 2 rings (SSSR count). The van der Waals surface area contributed by atoms with Gasteiger partial charge in [0, 0.05) is 12.1 Å². The molecule has 0 radical (unpaired) electrons. The highest BCUT2D eigenvalue weighted by molar-refractivity contribution is 4.90. The van der Waals surface area contributed by atoms with Crippen LogP contribution in [0, 0.1) is 0 Å². The number of hydrogen-bond donors (Lipinski definition) is 1. The van der Waals surface area contributed by atoms with Crippen molar-refractivity contribution >= 4 is 0 Å². The van der Waals surface area contributed by atoms with Crippen molar-refractivity contribution in [1.82, 2.24) is 10.2 Å². The van der Waals surface area contributed by atoms with Crippen LogP contribution in [0.5, 0.6) is 0 Å². The Labute approximate surface area is 69.0 Å². The molecule has 11 heavy (non-hydrogen) atoms. The minimum atomic E-state index is 0.808. The molecule has 2 atom stereocenters. The lowest BCUT2D eigenvalue weighted by atomic mass is 10.0. The second-order valence-electron chi connectivity index (χ2n) is 3.89. The van der Waals surface area contributed by atoms with Gasteiger partial charge in [-0.1, -0.05) is 0 Å².